The molecule has 0 aliphatic carbocycles. The van der Waals surface area contributed by atoms with Crippen molar-refractivity contribution >= 4 is 29.0 Å². The lowest BCUT2D eigenvalue weighted by Gasteiger charge is -2.26. The molecule has 3 rings (SSSR count). The summed E-state index contributed by atoms with van der Waals surface area (Å²) in [6, 6.07) is 24.8. The molecule has 3 aromatic carbocycles. The van der Waals surface area contributed by atoms with Crippen molar-refractivity contribution < 1.29 is 23.8 Å². The molecule has 35 heavy (non-hydrogen) atoms. The van der Waals surface area contributed by atoms with E-state index in [4.69, 9.17) is 19.9 Å². The number of carbonyl (C=O) groups excluding carboxylic acids is 2. The van der Waals surface area contributed by atoms with E-state index >= 15 is 0 Å². The molecule has 0 bridgehead atoms. The van der Waals surface area contributed by atoms with Gasteiger partial charge in [-0.3, -0.25) is 4.79 Å². The van der Waals surface area contributed by atoms with Crippen LogP contribution in [0.4, 0.5) is 17.1 Å². The van der Waals surface area contributed by atoms with E-state index in [0.29, 0.717) is 11.5 Å². The Morgan fingerprint density at radius 3 is 1.83 bits per heavy atom. The van der Waals surface area contributed by atoms with Gasteiger partial charge in [0.15, 0.2) is 0 Å². The number of rotatable bonds is 9. The van der Waals surface area contributed by atoms with E-state index in [2.05, 4.69) is 11.5 Å². The Balaban J connectivity index is 1.75. The minimum atomic E-state index is -0.651. The second-order valence-corrected chi connectivity index (χ2v) is 8.81. The van der Waals surface area contributed by atoms with Gasteiger partial charge >= 0.3 is 11.9 Å². The van der Waals surface area contributed by atoms with Gasteiger partial charge in [-0.25, -0.2) is 4.79 Å². The lowest BCUT2D eigenvalue weighted by Crippen LogP contribution is -2.25. The second kappa shape index (κ2) is 11.2. The zero-order valence-electron chi connectivity index (χ0n) is 20.2. The molecule has 0 saturated heterocycles. The normalized spacial score (nSPS) is 10.8. The molecule has 0 spiro atoms. The molecule has 0 unspecified atom stereocenters. The predicted octanol–water partition coefficient (Wildman–Crippen LogP) is 5.50. The van der Waals surface area contributed by atoms with Crippen molar-refractivity contribution in [2.24, 2.45) is 11.1 Å². The van der Waals surface area contributed by atoms with Crippen LogP contribution in [0.1, 0.15) is 20.8 Å². The summed E-state index contributed by atoms with van der Waals surface area (Å²) in [5.41, 5.74) is 7.33. The number of carbonyl (C=O) groups is 2. The minimum Gasteiger partial charge on any atom is -0.490 e. The Kier molecular flexibility index (Phi) is 8.15. The molecule has 0 heterocycles. The lowest BCUT2D eigenvalue weighted by molar-refractivity contribution is -0.143. The minimum absolute atomic E-state index is 0.0685. The van der Waals surface area contributed by atoms with Crippen molar-refractivity contribution in [1.82, 2.24) is 0 Å². The van der Waals surface area contributed by atoms with E-state index in [1.54, 1.807) is 12.1 Å². The van der Waals surface area contributed by atoms with Crippen LogP contribution in [-0.4, -0.2) is 25.2 Å². The standard InChI is InChI=1S/C28H30N2O5/c1-20(29)26(31)34-19-18-33-24-14-10-22(11-15-24)30(21-8-6-5-7-9-21)23-12-16-25(17-13-23)35-27(32)28(2,3)4/h5-17H,1,18-19,29H2,2-4H3. The Hall–Kier alpha value is -4.26. The highest BCUT2D eigenvalue weighted by Crippen LogP contribution is 2.36. The van der Waals surface area contributed by atoms with Crippen molar-refractivity contribution in [1.29, 1.82) is 0 Å². The van der Waals surface area contributed by atoms with Gasteiger partial charge in [-0.1, -0.05) is 24.8 Å². The first-order valence-electron chi connectivity index (χ1n) is 11.2. The highest BCUT2D eigenvalue weighted by Gasteiger charge is 2.23. The second-order valence-electron chi connectivity index (χ2n) is 8.81. The number of nitrogens with two attached hydrogens (primary N) is 1. The third-order valence-electron chi connectivity index (χ3n) is 4.87. The number of nitrogens with zero attached hydrogens (tertiary/aromatic N) is 1. The van der Waals surface area contributed by atoms with Gasteiger partial charge in [-0.2, -0.15) is 0 Å². The smallest absolute Gasteiger partial charge is 0.353 e. The Morgan fingerprint density at radius 1 is 0.800 bits per heavy atom. The molecule has 0 radical (unpaired) electrons. The van der Waals surface area contributed by atoms with Crippen LogP contribution in [0.2, 0.25) is 0 Å². The SMILES string of the molecule is C=C(N)C(=O)OCCOc1ccc(N(c2ccccc2)c2ccc(OC(=O)C(C)(C)C)cc2)cc1. The highest BCUT2D eigenvalue weighted by molar-refractivity contribution is 5.86. The molecule has 0 atom stereocenters. The van der Waals surface area contributed by atoms with Gasteiger partial charge in [-0.05, 0) is 81.4 Å². The summed E-state index contributed by atoms with van der Waals surface area (Å²) >= 11 is 0. The summed E-state index contributed by atoms with van der Waals surface area (Å²) in [6.45, 7) is 9.04. The highest BCUT2D eigenvalue weighted by atomic mass is 16.6. The van der Waals surface area contributed by atoms with Crippen LogP contribution in [0.25, 0.3) is 0 Å². The molecule has 0 aromatic heterocycles. The topological polar surface area (TPSA) is 91.1 Å². The van der Waals surface area contributed by atoms with Crippen molar-refractivity contribution in [3.63, 3.8) is 0 Å². The molecule has 0 aliphatic rings. The fourth-order valence-electron chi connectivity index (χ4n) is 3.03. The summed E-state index contributed by atoms with van der Waals surface area (Å²) in [5.74, 6) is 0.184. The number of ether oxygens (including phenoxy) is 3. The lowest BCUT2D eigenvalue weighted by atomic mass is 9.97. The van der Waals surface area contributed by atoms with Crippen molar-refractivity contribution in [3.8, 4) is 11.5 Å². The molecule has 0 amide bonds. The zero-order valence-corrected chi connectivity index (χ0v) is 20.2. The van der Waals surface area contributed by atoms with Crippen molar-refractivity contribution in [3.05, 3.63) is 91.1 Å². The first-order valence-corrected chi connectivity index (χ1v) is 11.2. The van der Waals surface area contributed by atoms with Crippen LogP contribution in [0.15, 0.2) is 91.1 Å². The quantitative estimate of drug-likeness (QED) is 0.189. The van der Waals surface area contributed by atoms with E-state index in [9.17, 15) is 9.59 Å². The third-order valence-corrected chi connectivity index (χ3v) is 4.87. The fraction of sp³-hybridized carbons (Fsp3) is 0.214. The monoisotopic (exact) mass is 474 g/mol. The molecule has 3 aromatic rings. The maximum Gasteiger partial charge on any atom is 0.353 e. The predicted molar refractivity (Wildman–Crippen MR) is 136 cm³/mol. The third kappa shape index (κ3) is 7.11. The average Bonchev–Trinajstić information content (AvgIpc) is 2.84. The van der Waals surface area contributed by atoms with Crippen LogP contribution in [-0.2, 0) is 14.3 Å². The van der Waals surface area contributed by atoms with Gasteiger partial charge in [0.1, 0.15) is 30.4 Å². The van der Waals surface area contributed by atoms with E-state index < -0.39 is 11.4 Å². The maximum absolute atomic E-state index is 12.2. The van der Waals surface area contributed by atoms with Gasteiger partial charge in [-0.15, -0.1) is 0 Å². The molecule has 2 N–H and O–H groups in total. The van der Waals surface area contributed by atoms with Gasteiger partial charge in [0, 0.05) is 17.1 Å². The number of benzene rings is 3. The van der Waals surface area contributed by atoms with E-state index in [1.165, 1.54) is 0 Å². The van der Waals surface area contributed by atoms with Crippen molar-refractivity contribution in [2.75, 3.05) is 18.1 Å². The summed E-state index contributed by atoms with van der Waals surface area (Å²) in [6.07, 6.45) is 0. The largest absolute Gasteiger partial charge is 0.490 e. The Bertz CT molecular complexity index is 1150. The number of hydrogen-bond donors (Lipinski definition) is 1. The van der Waals surface area contributed by atoms with E-state index in [1.807, 2.05) is 87.5 Å². The fourth-order valence-corrected chi connectivity index (χ4v) is 3.03. The molecular weight excluding hydrogens is 444 g/mol. The van der Waals surface area contributed by atoms with Crippen LogP contribution in [0.3, 0.4) is 0 Å². The van der Waals surface area contributed by atoms with Crippen LogP contribution < -0.4 is 20.1 Å². The molecule has 0 saturated carbocycles. The summed E-state index contributed by atoms with van der Waals surface area (Å²) in [4.78, 5) is 25.6. The number of hydrogen-bond acceptors (Lipinski definition) is 7. The maximum atomic E-state index is 12.2. The van der Waals surface area contributed by atoms with Gasteiger partial charge in [0.05, 0.1) is 5.41 Å². The molecule has 7 nitrogen and oxygen atoms in total. The molecule has 7 heteroatoms. The molecule has 0 fully saturated rings. The summed E-state index contributed by atoms with van der Waals surface area (Å²) < 4.78 is 16.1. The first kappa shape index (κ1) is 25.4. The van der Waals surface area contributed by atoms with E-state index in [-0.39, 0.29) is 24.9 Å². The van der Waals surface area contributed by atoms with Crippen LogP contribution in [0.5, 0.6) is 11.5 Å². The van der Waals surface area contributed by atoms with Gasteiger partial charge < -0.3 is 24.8 Å². The molecule has 0 aliphatic heterocycles. The Morgan fingerprint density at radius 2 is 1.31 bits per heavy atom. The molecular formula is C28H30N2O5. The summed E-state index contributed by atoms with van der Waals surface area (Å²) in [7, 11) is 0. The van der Waals surface area contributed by atoms with Gasteiger partial charge in [0.25, 0.3) is 0 Å². The summed E-state index contributed by atoms with van der Waals surface area (Å²) in [5, 5.41) is 0. The number of anilines is 3. The number of para-hydroxylation sites is 1. The van der Waals surface area contributed by atoms with Crippen LogP contribution >= 0.6 is 0 Å². The molecule has 182 valence electrons. The average molecular weight is 475 g/mol. The van der Waals surface area contributed by atoms with Crippen molar-refractivity contribution in [2.45, 2.75) is 20.8 Å². The van der Waals surface area contributed by atoms with Gasteiger partial charge in [0.2, 0.25) is 0 Å². The number of esters is 2. The Labute approximate surface area is 205 Å². The van der Waals surface area contributed by atoms with E-state index in [0.717, 1.165) is 17.1 Å². The van der Waals surface area contributed by atoms with Crippen LogP contribution in [0, 0.1) is 5.41 Å². The first-order chi connectivity index (χ1) is 16.6. The zero-order chi connectivity index (χ0) is 25.4.